The molecule has 0 saturated carbocycles. The monoisotopic (exact) mass is 198 g/mol. The number of carbonyl (C=O) groups excluding carboxylic acids is 1. The van der Waals surface area contributed by atoms with Crippen molar-refractivity contribution >= 4 is 5.97 Å². The summed E-state index contributed by atoms with van der Waals surface area (Å²) >= 11 is 0. The van der Waals surface area contributed by atoms with Crippen LogP contribution in [-0.2, 0) is 9.53 Å². The highest BCUT2D eigenvalue weighted by Crippen LogP contribution is 2.09. The largest absolute Gasteiger partial charge is 0.466 e. The van der Waals surface area contributed by atoms with E-state index in [9.17, 15) is 4.79 Å². The first-order chi connectivity index (χ1) is 6.52. The van der Waals surface area contributed by atoms with Gasteiger partial charge < -0.3 is 4.74 Å². The average molecular weight is 198 g/mol. The maximum absolute atomic E-state index is 10.5. The van der Waals surface area contributed by atoms with E-state index in [0.717, 1.165) is 12.8 Å². The Morgan fingerprint density at radius 1 is 1.36 bits per heavy atom. The molecule has 0 aromatic rings. The Morgan fingerprint density at radius 2 is 2.00 bits per heavy atom. The summed E-state index contributed by atoms with van der Waals surface area (Å²) in [5, 5.41) is 0. The molecule has 0 radical (unpaired) electrons. The van der Waals surface area contributed by atoms with Crippen molar-refractivity contribution < 1.29 is 9.53 Å². The second kappa shape index (κ2) is 7.60. The molecule has 0 aliphatic heterocycles. The molecule has 0 fully saturated rings. The molecule has 0 saturated heterocycles. The SMILES string of the molecule is CC(=O)OCCC(C)CC=CC(C)C. The maximum atomic E-state index is 10.5. The first-order valence-corrected chi connectivity index (χ1v) is 5.32. The molecule has 1 unspecified atom stereocenters. The lowest BCUT2D eigenvalue weighted by Crippen LogP contribution is -2.04. The molecule has 0 aromatic heterocycles. The number of carbonyl (C=O) groups is 1. The highest BCUT2D eigenvalue weighted by Gasteiger charge is 2.00. The smallest absolute Gasteiger partial charge is 0.302 e. The Morgan fingerprint density at radius 3 is 2.50 bits per heavy atom. The molecule has 0 spiro atoms. The highest BCUT2D eigenvalue weighted by atomic mass is 16.5. The van der Waals surface area contributed by atoms with Crippen LogP contribution in [0.5, 0.6) is 0 Å². The molecule has 0 heterocycles. The van der Waals surface area contributed by atoms with Gasteiger partial charge in [-0.25, -0.2) is 0 Å². The lowest BCUT2D eigenvalue weighted by atomic mass is 10.0. The molecule has 82 valence electrons. The van der Waals surface area contributed by atoms with E-state index in [1.807, 2.05) is 0 Å². The molecule has 0 aliphatic rings. The Kier molecular flexibility index (Phi) is 7.17. The van der Waals surface area contributed by atoms with E-state index in [4.69, 9.17) is 4.74 Å². The van der Waals surface area contributed by atoms with Crippen LogP contribution in [0.1, 0.15) is 40.5 Å². The van der Waals surface area contributed by atoms with Crippen molar-refractivity contribution in [1.29, 1.82) is 0 Å². The third-order valence-electron chi connectivity index (χ3n) is 1.98. The van der Waals surface area contributed by atoms with E-state index in [1.54, 1.807) is 0 Å². The molecule has 1 atom stereocenters. The summed E-state index contributed by atoms with van der Waals surface area (Å²) in [5.74, 6) is 1.02. The van der Waals surface area contributed by atoms with Crippen LogP contribution in [0.25, 0.3) is 0 Å². The maximum Gasteiger partial charge on any atom is 0.302 e. The van der Waals surface area contributed by atoms with Crippen molar-refractivity contribution in [2.24, 2.45) is 11.8 Å². The van der Waals surface area contributed by atoms with Gasteiger partial charge in [0.2, 0.25) is 0 Å². The first kappa shape index (κ1) is 13.2. The summed E-state index contributed by atoms with van der Waals surface area (Å²) in [4.78, 5) is 10.5. The quantitative estimate of drug-likeness (QED) is 0.484. The number of esters is 1. The Bertz CT molecular complexity index is 183. The molecule has 0 rings (SSSR count). The summed E-state index contributed by atoms with van der Waals surface area (Å²) in [7, 11) is 0. The minimum absolute atomic E-state index is 0.185. The van der Waals surface area contributed by atoms with Gasteiger partial charge >= 0.3 is 5.97 Å². The van der Waals surface area contributed by atoms with Crippen LogP contribution < -0.4 is 0 Å². The number of hydrogen-bond donors (Lipinski definition) is 0. The molecule has 0 bridgehead atoms. The Labute approximate surface area is 87.3 Å². The predicted octanol–water partition coefficient (Wildman–Crippen LogP) is 3.18. The van der Waals surface area contributed by atoms with Crippen molar-refractivity contribution in [3.05, 3.63) is 12.2 Å². The van der Waals surface area contributed by atoms with Crippen LogP contribution in [0.4, 0.5) is 0 Å². The standard InChI is InChI=1S/C12H22O2/c1-10(2)6-5-7-11(3)8-9-14-12(4)13/h5-6,10-11H,7-9H2,1-4H3. The summed E-state index contributed by atoms with van der Waals surface area (Å²) < 4.78 is 4.88. The van der Waals surface area contributed by atoms with E-state index < -0.39 is 0 Å². The molecule has 0 aliphatic carbocycles. The van der Waals surface area contributed by atoms with E-state index in [1.165, 1.54) is 6.92 Å². The first-order valence-electron chi connectivity index (χ1n) is 5.32. The van der Waals surface area contributed by atoms with Crippen LogP contribution in [0.2, 0.25) is 0 Å². The van der Waals surface area contributed by atoms with Gasteiger partial charge in [0.1, 0.15) is 0 Å². The lowest BCUT2D eigenvalue weighted by Gasteiger charge is -2.08. The third-order valence-corrected chi connectivity index (χ3v) is 1.98. The minimum atomic E-state index is -0.185. The summed E-state index contributed by atoms with van der Waals surface area (Å²) in [6, 6.07) is 0. The van der Waals surface area contributed by atoms with E-state index >= 15 is 0 Å². The van der Waals surface area contributed by atoms with Gasteiger partial charge in [0, 0.05) is 6.92 Å². The molecule has 2 heteroatoms. The number of hydrogen-bond acceptors (Lipinski definition) is 2. The van der Waals surface area contributed by atoms with Crippen LogP contribution >= 0.6 is 0 Å². The third kappa shape index (κ3) is 9.30. The van der Waals surface area contributed by atoms with Crippen LogP contribution in [0, 0.1) is 11.8 Å². The summed E-state index contributed by atoms with van der Waals surface area (Å²) in [5.41, 5.74) is 0. The molecule has 14 heavy (non-hydrogen) atoms. The highest BCUT2D eigenvalue weighted by molar-refractivity contribution is 5.65. The number of rotatable bonds is 6. The van der Waals surface area contributed by atoms with Gasteiger partial charge in [-0.05, 0) is 24.7 Å². The zero-order chi connectivity index (χ0) is 11.0. The fourth-order valence-corrected chi connectivity index (χ4v) is 1.10. The van der Waals surface area contributed by atoms with Crippen molar-refractivity contribution in [2.45, 2.75) is 40.5 Å². The normalized spacial score (nSPS) is 13.5. The van der Waals surface area contributed by atoms with Gasteiger partial charge in [0.25, 0.3) is 0 Å². The molecular formula is C12H22O2. The van der Waals surface area contributed by atoms with E-state index in [0.29, 0.717) is 18.4 Å². The van der Waals surface area contributed by atoms with Crippen LogP contribution in [-0.4, -0.2) is 12.6 Å². The second-order valence-electron chi connectivity index (χ2n) is 4.14. The fourth-order valence-electron chi connectivity index (χ4n) is 1.10. The van der Waals surface area contributed by atoms with Crippen molar-refractivity contribution in [3.63, 3.8) is 0 Å². The Balaban J connectivity index is 3.45. The average Bonchev–Trinajstić information content (AvgIpc) is 2.02. The summed E-state index contributed by atoms with van der Waals surface area (Å²) in [6.45, 7) is 8.50. The zero-order valence-electron chi connectivity index (χ0n) is 9.75. The fraction of sp³-hybridized carbons (Fsp3) is 0.750. The lowest BCUT2D eigenvalue weighted by molar-refractivity contribution is -0.141. The zero-order valence-corrected chi connectivity index (χ0v) is 9.75. The molecular weight excluding hydrogens is 176 g/mol. The van der Waals surface area contributed by atoms with E-state index in [-0.39, 0.29) is 5.97 Å². The van der Waals surface area contributed by atoms with Crippen LogP contribution in [0.3, 0.4) is 0 Å². The minimum Gasteiger partial charge on any atom is -0.466 e. The van der Waals surface area contributed by atoms with Gasteiger partial charge in [0.05, 0.1) is 6.61 Å². The number of allylic oxidation sites excluding steroid dienone is 2. The molecule has 0 aromatic carbocycles. The second-order valence-corrected chi connectivity index (χ2v) is 4.14. The van der Waals surface area contributed by atoms with Crippen molar-refractivity contribution in [3.8, 4) is 0 Å². The number of ether oxygens (including phenoxy) is 1. The van der Waals surface area contributed by atoms with Gasteiger partial charge in [-0.15, -0.1) is 0 Å². The van der Waals surface area contributed by atoms with Crippen molar-refractivity contribution in [1.82, 2.24) is 0 Å². The van der Waals surface area contributed by atoms with Gasteiger partial charge in [0.15, 0.2) is 0 Å². The molecule has 0 amide bonds. The van der Waals surface area contributed by atoms with Gasteiger partial charge in [-0.3, -0.25) is 4.79 Å². The van der Waals surface area contributed by atoms with Crippen LogP contribution in [0.15, 0.2) is 12.2 Å². The van der Waals surface area contributed by atoms with Crippen molar-refractivity contribution in [2.75, 3.05) is 6.61 Å². The Hall–Kier alpha value is -0.790. The molecule has 2 nitrogen and oxygen atoms in total. The topological polar surface area (TPSA) is 26.3 Å². The molecule has 0 N–H and O–H groups in total. The van der Waals surface area contributed by atoms with Gasteiger partial charge in [-0.1, -0.05) is 32.9 Å². The van der Waals surface area contributed by atoms with E-state index in [2.05, 4.69) is 32.9 Å². The summed E-state index contributed by atoms with van der Waals surface area (Å²) in [6.07, 6.45) is 6.44. The van der Waals surface area contributed by atoms with Gasteiger partial charge in [-0.2, -0.15) is 0 Å². The predicted molar refractivity (Wildman–Crippen MR) is 59.0 cm³/mol.